The molecule has 0 saturated carbocycles. The zero-order valence-electron chi connectivity index (χ0n) is 10.6. The lowest BCUT2D eigenvalue weighted by atomic mass is 10.2. The first kappa shape index (κ1) is 14.0. The van der Waals surface area contributed by atoms with E-state index in [2.05, 4.69) is 10.3 Å². The Labute approximate surface area is 105 Å². The van der Waals surface area contributed by atoms with Crippen molar-refractivity contribution in [1.82, 2.24) is 14.9 Å². The molecule has 1 heterocycles. The monoisotopic (exact) mass is 255 g/mol. The van der Waals surface area contributed by atoms with E-state index in [-0.39, 0.29) is 12.2 Å². The standard InChI is InChI=1S/C11H17N3O4/c1-11(2,3)18-10(17)13-4-5-14-7-12-6-8(14)9(15)16/h6-7H,4-5H2,1-3H3,(H,13,17)(H,15,16). The number of aromatic nitrogens is 2. The minimum absolute atomic E-state index is 0.0842. The zero-order chi connectivity index (χ0) is 13.8. The van der Waals surface area contributed by atoms with Crippen LogP contribution in [-0.4, -0.2) is 38.9 Å². The number of carboxylic acids is 1. The van der Waals surface area contributed by atoms with E-state index in [9.17, 15) is 9.59 Å². The third-order valence-electron chi connectivity index (χ3n) is 1.95. The van der Waals surface area contributed by atoms with Gasteiger partial charge in [0.1, 0.15) is 11.3 Å². The normalized spacial score (nSPS) is 11.1. The Bertz CT molecular complexity index is 434. The summed E-state index contributed by atoms with van der Waals surface area (Å²) in [6, 6.07) is 0. The van der Waals surface area contributed by atoms with Crippen molar-refractivity contribution in [2.24, 2.45) is 0 Å². The zero-order valence-corrected chi connectivity index (χ0v) is 10.6. The highest BCUT2D eigenvalue weighted by atomic mass is 16.6. The van der Waals surface area contributed by atoms with Crippen LogP contribution < -0.4 is 5.32 Å². The van der Waals surface area contributed by atoms with Crippen LogP contribution in [-0.2, 0) is 11.3 Å². The van der Waals surface area contributed by atoms with E-state index in [1.807, 2.05) is 0 Å². The number of hydrogen-bond acceptors (Lipinski definition) is 4. The fourth-order valence-corrected chi connectivity index (χ4v) is 1.27. The smallest absolute Gasteiger partial charge is 0.407 e. The number of nitrogens with one attached hydrogen (secondary N) is 1. The Kier molecular flexibility index (Phi) is 4.30. The summed E-state index contributed by atoms with van der Waals surface area (Å²) in [4.78, 5) is 25.9. The largest absolute Gasteiger partial charge is 0.477 e. The third-order valence-corrected chi connectivity index (χ3v) is 1.95. The summed E-state index contributed by atoms with van der Waals surface area (Å²) in [5, 5.41) is 11.4. The molecular formula is C11H17N3O4. The molecule has 0 saturated heterocycles. The number of amides is 1. The average molecular weight is 255 g/mol. The highest BCUT2D eigenvalue weighted by Crippen LogP contribution is 2.06. The van der Waals surface area contributed by atoms with Gasteiger partial charge in [-0.15, -0.1) is 0 Å². The number of aromatic carboxylic acids is 1. The molecule has 0 spiro atoms. The molecule has 100 valence electrons. The molecule has 18 heavy (non-hydrogen) atoms. The number of carbonyl (C=O) groups is 2. The van der Waals surface area contributed by atoms with E-state index in [0.717, 1.165) is 0 Å². The number of alkyl carbamates (subject to hydrolysis) is 1. The van der Waals surface area contributed by atoms with Crippen LogP contribution in [0.3, 0.4) is 0 Å². The van der Waals surface area contributed by atoms with Gasteiger partial charge in [-0.3, -0.25) is 0 Å². The summed E-state index contributed by atoms with van der Waals surface area (Å²) in [7, 11) is 0. The maximum Gasteiger partial charge on any atom is 0.407 e. The number of carbonyl (C=O) groups excluding carboxylic acids is 1. The first-order chi connectivity index (χ1) is 8.29. The third kappa shape index (κ3) is 4.44. The van der Waals surface area contributed by atoms with Gasteiger partial charge >= 0.3 is 12.1 Å². The van der Waals surface area contributed by atoms with Crippen molar-refractivity contribution >= 4 is 12.1 Å². The van der Waals surface area contributed by atoms with E-state index in [4.69, 9.17) is 9.84 Å². The van der Waals surface area contributed by atoms with Gasteiger partial charge < -0.3 is 19.7 Å². The van der Waals surface area contributed by atoms with Gasteiger partial charge in [0.05, 0.1) is 12.5 Å². The molecule has 0 fully saturated rings. The van der Waals surface area contributed by atoms with Crippen molar-refractivity contribution in [2.75, 3.05) is 6.54 Å². The quantitative estimate of drug-likeness (QED) is 0.840. The van der Waals surface area contributed by atoms with Crippen LogP contribution in [0.25, 0.3) is 0 Å². The molecule has 0 unspecified atom stereocenters. The topological polar surface area (TPSA) is 93.5 Å². The van der Waals surface area contributed by atoms with E-state index >= 15 is 0 Å². The highest BCUT2D eigenvalue weighted by Gasteiger charge is 2.16. The van der Waals surface area contributed by atoms with Gasteiger partial charge in [0, 0.05) is 13.1 Å². The molecule has 1 amide bonds. The van der Waals surface area contributed by atoms with Crippen molar-refractivity contribution in [1.29, 1.82) is 0 Å². The second kappa shape index (κ2) is 5.52. The number of rotatable bonds is 4. The predicted molar refractivity (Wildman–Crippen MR) is 63.4 cm³/mol. The highest BCUT2D eigenvalue weighted by molar-refractivity contribution is 5.85. The van der Waals surface area contributed by atoms with Crippen LogP contribution in [0.1, 0.15) is 31.3 Å². The van der Waals surface area contributed by atoms with Crippen molar-refractivity contribution in [3.8, 4) is 0 Å². The lowest BCUT2D eigenvalue weighted by Gasteiger charge is -2.19. The van der Waals surface area contributed by atoms with Gasteiger partial charge in [-0.05, 0) is 20.8 Å². The van der Waals surface area contributed by atoms with Crippen LogP contribution in [0, 0.1) is 0 Å². The van der Waals surface area contributed by atoms with Crippen LogP contribution in [0.2, 0.25) is 0 Å². The fraction of sp³-hybridized carbons (Fsp3) is 0.545. The summed E-state index contributed by atoms with van der Waals surface area (Å²) >= 11 is 0. The van der Waals surface area contributed by atoms with Gasteiger partial charge in [-0.1, -0.05) is 0 Å². The summed E-state index contributed by atoms with van der Waals surface area (Å²) in [5.74, 6) is -1.05. The van der Waals surface area contributed by atoms with Gasteiger partial charge in [0.15, 0.2) is 0 Å². The average Bonchev–Trinajstić information content (AvgIpc) is 2.62. The number of imidazole rings is 1. The van der Waals surface area contributed by atoms with Gasteiger partial charge in [0.25, 0.3) is 0 Å². The molecule has 1 rings (SSSR count). The summed E-state index contributed by atoms with van der Waals surface area (Å²) in [6.45, 7) is 5.90. The molecule has 7 nitrogen and oxygen atoms in total. The van der Waals surface area contributed by atoms with Crippen LogP contribution in [0.4, 0.5) is 4.79 Å². The molecule has 2 N–H and O–H groups in total. The van der Waals surface area contributed by atoms with Crippen molar-refractivity contribution < 1.29 is 19.4 Å². The maximum absolute atomic E-state index is 11.3. The number of hydrogen-bond donors (Lipinski definition) is 2. The predicted octanol–water partition coefficient (Wildman–Crippen LogP) is 1.11. The van der Waals surface area contributed by atoms with Crippen molar-refractivity contribution in [2.45, 2.75) is 32.9 Å². The van der Waals surface area contributed by atoms with E-state index in [1.165, 1.54) is 17.1 Å². The molecule has 0 aliphatic carbocycles. The maximum atomic E-state index is 11.3. The van der Waals surface area contributed by atoms with Crippen LogP contribution >= 0.6 is 0 Å². The Balaban J connectivity index is 2.40. The second-order valence-electron chi connectivity index (χ2n) is 4.71. The van der Waals surface area contributed by atoms with Gasteiger partial charge in [-0.2, -0.15) is 0 Å². The molecule has 1 aromatic rings. The first-order valence-electron chi connectivity index (χ1n) is 5.50. The molecule has 0 aliphatic rings. The first-order valence-corrected chi connectivity index (χ1v) is 5.50. The molecule has 7 heteroatoms. The number of nitrogens with zero attached hydrogens (tertiary/aromatic N) is 2. The molecule has 0 aromatic carbocycles. The minimum Gasteiger partial charge on any atom is -0.477 e. The number of carboxylic acid groups (broad SMARTS) is 1. The molecule has 0 atom stereocenters. The molecule has 0 aliphatic heterocycles. The fourth-order valence-electron chi connectivity index (χ4n) is 1.27. The second-order valence-corrected chi connectivity index (χ2v) is 4.71. The van der Waals surface area contributed by atoms with Crippen molar-refractivity contribution in [3.63, 3.8) is 0 Å². The van der Waals surface area contributed by atoms with E-state index in [1.54, 1.807) is 20.8 Å². The Morgan fingerprint density at radius 2 is 2.17 bits per heavy atom. The Morgan fingerprint density at radius 1 is 1.50 bits per heavy atom. The summed E-state index contributed by atoms with van der Waals surface area (Å²) in [5.41, 5.74) is -0.466. The lowest BCUT2D eigenvalue weighted by Crippen LogP contribution is -2.34. The lowest BCUT2D eigenvalue weighted by molar-refractivity contribution is 0.0526. The molecule has 0 radical (unpaired) electrons. The summed E-state index contributed by atoms with van der Waals surface area (Å²) < 4.78 is 6.49. The minimum atomic E-state index is -1.05. The molecular weight excluding hydrogens is 238 g/mol. The number of ether oxygens (including phenoxy) is 1. The molecule has 1 aromatic heterocycles. The van der Waals surface area contributed by atoms with Crippen LogP contribution in [0.5, 0.6) is 0 Å². The van der Waals surface area contributed by atoms with Crippen molar-refractivity contribution in [3.05, 3.63) is 18.2 Å². The molecule has 0 bridgehead atoms. The Hall–Kier alpha value is -2.05. The van der Waals surface area contributed by atoms with Gasteiger partial charge in [0.2, 0.25) is 0 Å². The van der Waals surface area contributed by atoms with Gasteiger partial charge in [-0.25, -0.2) is 14.6 Å². The van der Waals surface area contributed by atoms with E-state index in [0.29, 0.717) is 6.54 Å². The summed E-state index contributed by atoms with van der Waals surface area (Å²) in [6.07, 6.45) is 2.13. The van der Waals surface area contributed by atoms with E-state index < -0.39 is 17.7 Å². The Morgan fingerprint density at radius 3 is 2.72 bits per heavy atom. The van der Waals surface area contributed by atoms with Crippen LogP contribution in [0.15, 0.2) is 12.5 Å². The SMILES string of the molecule is CC(C)(C)OC(=O)NCCn1cncc1C(=O)O.